The van der Waals surface area contributed by atoms with Crippen LogP contribution in [0, 0.1) is 25.7 Å². The number of aryl methyl sites for hydroxylation is 1. The molecule has 0 spiro atoms. The van der Waals surface area contributed by atoms with Gasteiger partial charge in [0.15, 0.2) is 0 Å². The van der Waals surface area contributed by atoms with E-state index in [1.807, 2.05) is 60.0 Å². The Morgan fingerprint density at radius 3 is 1.80 bits per heavy atom. The molecule has 5 nitrogen and oxygen atoms in total. The fourth-order valence-corrected chi connectivity index (χ4v) is 9.25. The first-order valence-corrected chi connectivity index (χ1v) is 24.3. The number of nitrogens with zero attached hydrogens (tertiary/aromatic N) is 4. The Kier molecular flexibility index (Phi) is 11.2. The maximum Gasteiger partial charge on any atom is 0.135 e. The van der Waals surface area contributed by atoms with Crippen LogP contribution in [0.15, 0.2) is 152 Å². The number of anilines is 4. The van der Waals surface area contributed by atoms with Gasteiger partial charge in [-0.2, -0.15) is 12.1 Å². The van der Waals surface area contributed by atoms with Crippen molar-refractivity contribution in [2.75, 3.05) is 9.80 Å². The summed E-state index contributed by atoms with van der Waals surface area (Å²) in [7, 11) is 0. The van der Waals surface area contributed by atoms with Crippen LogP contribution in [0.4, 0.5) is 22.7 Å². The van der Waals surface area contributed by atoms with Gasteiger partial charge in [0.2, 0.25) is 0 Å². The number of fused-ring (bicyclic) bond motifs is 4. The average Bonchev–Trinajstić information content (AvgIpc) is 3.90. The summed E-state index contributed by atoms with van der Waals surface area (Å²) < 4.78 is 50.7. The zero-order valence-corrected chi connectivity index (χ0v) is 45.4. The Morgan fingerprint density at radius 2 is 1.17 bits per heavy atom. The van der Waals surface area contributed by atoms with E-state index in [0.29, 0.717) is 28.4 Å². The van der Waals surface area contributed by atoms with Crippen molar-refractivity contribution in [2.45, 2.75) is 112 Å². The molecule has 1 aliphatic heterocycles. The fourth-order valence-electron chi connectivity index (χ4n) is 9.25. The van der Waals surface area contributed by atoms with Crippen LogP contribution in [0.5, 0.6) is 11.5 Å². The standard InChI is InChI=1S/C65H65N4O.Pt/c1-42-30-61(66-40-56(42)43-20-15-14-16-21-43)69-57-25-18-17-24-54(57)55-28-27-53(39-59(55)69)70-52-23-19-22-50(38-52)67-41-68(51-36-48(64(8,9)10)35-49(37-51)65(11,12)13)60-33-44(26-29-58(60)67)45-31-46(62(2,3)4)34-47(32-45)63(5,6)7;/h14-37,40-41H,1-13H3;/q-3;/i14D,15D,16D,20D,21D;. The molecule has 0 unspecified atom stereocenters. The van der Waals surface area contributed by atoms with Crippen molar-refractivity contribution >= 4 is 44.6 Å². The van der Waals surface area contributed by atoms with Crippen molar-refractivity contribution in [3.8, 4) is 39.6 Å². The second-order valence-electron chi connectivity index (χ2n) is 22.9. The van der Waals surface area contributed by atoms with E-state index in [0.717, 1.165) is 50.1 Å². The molecule has 0 saturated heterocycles. The molecule has 3 heterocycles. The smallest absolute Gasteiger partial charge is 0.135 e. The summed E-state index contributed by atoms with van der Waals surface area (Å²) in [6.45, 7) is 31.4. The third-order valence-corrected chi connectivity index (χ3v) is 13.5. The zero-order chi connectivity index (χ0) is 53.8. The van der Waals surface area contributed by atoms with Crippen molar-refractivity contribution in [3.05, 3.63) is 198 Å². The van der Waals surface area contributed by atoms with Crippen molar-refractivity contribution in [3.63, 3.8) is 0 Å². The van der Waals surface area contributed by atoms with Crippen molar-refractivity contribution in [1.29, 1.82) is 0 Å². The van der Waals surface area contributed by atoms with Crippen molar-refractivity contribution in [1.82, 2.24) is 9.55 Å². The molecule has 7 aromatic carbocycles. The molecule has 0 atom stereocenters. The number of pyridine rings is 1. The Bertz CT molecular complexity index is 3670. The molecule has 0 N–H and O–H groups in total. The van der Waals surface area contributed by atoms with Gasteiger partial charge in [0.05, 0.1) is 6.85 Å². The Labute approximate surface area is 443 Å². The van der Waals surface area contributed by atoms with Gasteiger partial charge in [-0.3, -0.25) is 0 Å². The predicted octanol–water partition coefficient (Wildman–Crippen LogP) is 17.8. The van der Waals surface area contributed by atoms with Gasteiger partial charge >= 0.3 is 0 Å². The monoisotopic (exact) mass is 1120 g/mol. The van der Waals surface area contributed by atoms with Crippen molar-refractivity contribution in [2.24, 2.45) is 0 Å². The van der Waals surface area contributed by atoms with Crippen LogP contribution in [0.2, 0.25) is 0 Å². The summed E-state index contributed by atoms with van der Waals surface area (Å²) >= 11 is 0. The molecule has 0 bridgehead atoms. The predicted molar refractivity (Wildman–Crippen MR) is 295 cm³/mol. The van der Waals surface area contributed by atoms with Crippen LogP contribution < -0.4 is 14.5 Å². The van der Waals surface area contributed by atoms with Crippen LogP contribution in [-0.4, -0.2) is 9.55 Å². The molecule has 71 heavy (non-hydrogen) atoms. The van der Waals surface area contributed by atoms with E-state index < -0.39 is 6.04 Å². The third kappa shape index (κ3) is 9.71. The van der Waals surface area contributed by atoms with Crippen LogP contribution >= 0.6 is 0 Å². The first kappa shape index (κ1) is 43.4. The third-order valence-electron chi connectivity index (χ3n) is 13.5. The van der Waals surface area contributed by atoms with E-state index in [9.17, 15) is 0 Å². The average molecular weight is 1120 g/mol. The molecular formula is C65H65N4OPt-3. The van der Waals surface area contributed by atoms with E-state index in [-0.39, 0.29) is 72.5 Å². The van der Waals surface area contributed by atoms with Gasteiger partial charge in [0, 0.05) is 66.9 Å². The number of hydrogen-bond donors (Lipinski definition) is 0. The van der Waals surface area contributed by atoms with Gasteiger partial charge in [-0.25, -0.2) is 4.98 Å². The summed E-state index contributed by atoms with van der Waals surface area (Å²) in [6.07, 6.45) is 1.59. The molecule has 0 fully saturated rings. The fraction of sp³-hybridized carbons (Fsp3) is 0.262. The number of rotatable bonds is 7. The molecular weight excluding hydrogens is 1050 g/mol. The molecule has 9 aromatic rings. The SMILES string of the molecule is [2H]c1c([2H])c([2H])c(-c2cnc(-n3c4[c-]c(Oc5[c-]c(N6[CH-]N(c7cc(C(C)(C)C)cc(C(C)(C)C)c7)c7cc(-c8cc(C(C)(C)C)cc(C(C)(C)C)c8)ccc76)ccc5)ccc4c4ccccc43)cc2C)c([2H])c1[2H].[Pt]. The largest absolute Gasteiger partial charge is 0.509 e. The minimum atomic E-state index is -0.430. The van der Waals surface area contributed by atoms with Crippen LogP contribution in [0.3, 0.4) is 0 Å². The van der Waals surface area contributed by atoms with E-state index in [2.05, 4.69) is 178 Å². The summed E-state index contributed by atoms with van der Waals surface area (Å²) in [5, 5.41) is 1.96. The van der Waals surface area contributed by atoms with E-state index in [1.165, 1.54) is 27.8 Å². The molecule has 0 aliphatic carbocycles. The van der Waals surface area contributed by atoms with E-state index in [4.69, 9.17) is 16.6 Å². The number of hydrogen-bond acceptors (Lipinski definition) is 4. The number of ether oxygens (including phenoxy) is 1. The summed E-state index contributed by atoms with van der Waals surface area (Å²) in [6, 6.07) is 46.3. The zero-order valence-electron chi connectivity index (χ0n) is 48.1. The Morgan fingerprint density at radius 1 is 0.549 bits per heavy atom. The number of aromatic nitrogens is 2. The minimum Gasteiger partial charge on any atom is -0.509 e. The summed E-state index contributed by atoms with van der Waals surface area (Å²) in [5.41, 5.74) is 14.2. The first-order chi connectivity index (χ1) is 35.2. The van der Waals surface area contributed by atoms with E-state index in [1.54, 1.807) is 6.20 Å². The Hall–Kier alpha value is -6.42. The summed E-state index contributed by atoms with van der Waals surface area (Å²) in [5.74, 6) is 1.60. The second kappa shape index (κ2) is 18.3. The van der Waals surface area contributed by atoms with Gasteiger partial charge in [-0.05, 0) is 115 Å². The van der Waals surface area contributed by atoms with Gasteiger partial charge in [-0.15, -0.1) is 48.1 Å². The maximum absolute atomic E-state index is 8.63. The quantitative estimate of drug-likeness (QED) is 0.149. The van der Waals surface area contributed by atoms with Gasteiger partial charge in [0.1, 0.15) is 5.82 Å². The maximum atomic E-state index is 8.63. The molecule has 2 aromatic heterocycles. The van der Waals surface area contributed by atoms with Crippen LogP contribution in [-0.2, 0) is 42.7 Å². The molecule has 0 amide bonds. The molecule has 6 heteroatoms. The van der Waals surface area contributed by atoms with E-state index >= 15 is 0 Å². The molecule has 0 radical (unpaired) electrons. The van der Waals surface area contributed by atoms with Crippen LogP contribution in [0.25, 0.3) is 49.9 Å². The topological polar surface area (TPSA) is 33.5 Å². The number of benzene rings is 7. The normalized spacial score (nSPS) is 14.2. The molecule has 10 rings (SSSR count). The second-order valence-corrected chi connectivity index (χ2v) is 22.9. The number of para-hydroxylation sites is 1. The van der Waals surface area contributed by atoms with Crippen LogP contribution in [0.1, 0.15) is 118 Å². The first-order valence-electron chi connectivity index (χ1n) is 26.8. The summed E-state index contributed by atoms with van der Waals surface area (Å²) in [4.78, 5) is 9.40. The van der Waals surface area contributed by atoms with Gasteiger partial charge < -0.3 is 19.1 Å². The molecule has 0 saturated carbocycles. The molecule has 1 aliphatic rings. The van der Waals surface area contributed by atoms with Gasteiger partial charge in [0.25, 0.3) is 0 Å². The van der Waals surface area contributed by atoms with Crippen molar-refractivity contribution < 1.29 is 32.7 Å². The Balaban J connectivity index is 0.00000706. The molecule has 364 valence electrons. The minimum absolute atomic E-state index is 0. The van der Waals surface area contributed by atoms with Gasteiger partial charge in [-0.1, -0.05) is 167 Å².